The van der Waals surface area contributed by atoms with E-state index in [9.17, 15) is 4.79 Å². The van der Waals surface area contributed by atoms with Crippen molar-refractivity contribution in [2.24, 2.45) is 0 Å². The first kappa shape index (κ1) is 16.8. The summed E-state index contributed by atoms with van der Waals surface area (Å²) in [5, 5.41) is 17.6. The molecule has 1 atom stereocenters. The van der Waals surface area contributed by atoms with Crippen LogP contribution in [0, 0.1) is 0 Å². The number of nitrogens with one attached hydrogen (secondary N) is 1. The quantitative estimate of drug-likeness (QED) is 0.706. The average Bonchev–Trinajstić information content (AvgIpc) is 3.47. The molecule has 0 radical (unpaired) electrons. The molecule has 1 saturated carbocycles. The van der Waals surface area contributed by atoms with Crippen LogP contribution in [-0.2, 0) is 0 Å². The number of hydrogen-bond donors (Lipinski definition) is 2. The molecule has 0 aromatic carbocycles. The smallest absolute Gasteiger partial charge is 0.353 e. The molecule has 2 N–H and O–H groups in total. The second-order valence-electron chi connectivity index (χ2n) is 7.18. The van der Waals surface area contributed by atoms with Crippen molar-refractivity contribution < 1.29 is 9.90 Å². The van der Waals surface area contributed by atoms with Crippen LogP contribution in [0.2, 0.25) is 0 Å². The van der Waals surface area contributed by atoms with Crippen molar-refractivity contribution in [2.45, 2.75) is 51.1 Å². The molecule has 5 rings (SSSR count). The second-order valence-corrected chi connectivity index (χ2v) is 7.18. The molecule has 3 aromatic rings. The van der Waals surface area contributed by atoms with Gasteiger partial charge >= 0.3 is 5.97 Å². The van der Waals surface area contributed by atoms with Gasteiger partial charge in [0.15, 0.2) is 23.3 Å². The summed E-state index contributed by atoms with van der Waals surface area (Å²) < 4.78 is 1.95. The highest BCUT2D eigenvalue weighted by Gasteiger charge is 2.38. The van der Waals surface area contributed by atoms with Crippen LogP contribution in [0.1, 0.15) is 61.4 Å². The number of rotatable bonds is 4. The molecule has 0 spiro atoms. The summed E-state index contributed by atoms with van der Waals surface area (Å²) in [6.07, 6.45) is 10.2. The highest BCUT2D eigenvalue weighted by Crippen LogP contribution is 2.42. The van der Waals surface area contributed by atoms with Crippen molar-refractivity contribution in [3.8, 4) is 17.3 Å². The van der Waals surface area contributed by atoms with Crippen LogP contribution in [0.5, 0.6) is 0 Å². The minimum Gasteiger partial charge on any atom is -0.477 e. The fraction of sp³-hybridized carbons (Fsp3) is 0.444. The zero-order valence-corrected chi connectivity index (χ0v) is 15.4. The summed E-state index contributed by atoms with van der Waals surface area (Å²) in [4.78, 5) is 29.7. The van der Waals surface area contributed by atoms with Crippen molar-refractivity contribution in [3.63, 3.8) is 0 Å². The Morgan fingerprint density at radius 3 is 2.82 bits per heavy atom. The van der Waals surface area contributed by atoms with Crippen molar-refractivity contribution in [1.82, 2.24) is 34.7 Å². The minimum absolute atomic E-state index is 0.0106. The Bertz CT molecular complexity index is 1040. The molecule has 0 unspecified atom stereocenters. The summed E-state index contributed by atoms with van der Waals surface area (Å²) >= 11 is 0. The SMILES string of the molecule is CC[C@@H]1c2nncn2-c2cnc(-c3ncc(C(=O)O)[nH]3)nc2N1C1CCCC1. The van der Waals surface area contributed by atoms with E-state index < -0.39 is 5.97 Å². The maximum atomic E-state index is 11.2. The molecule has 1 aliphatic carbocycles. The number of carbonyl (C=O) groups is 1. The zero-order chi connectivity index (χ0) is 19.3. The van der Waals surface area contributed by atoms with E-state index in [-0.39, 0.29) is 11.7 Å². The molecule has 144 valence electrons. The highest BCUT2D eigenvalue weighted by molar-refractivity contribution is 5.85. The van der Waals surface area contributed by atoms with Crippen LogP contribution in [-0.4, -0.2) is 51.8 Å². The maximum Gasteiger partial charge on any atom is 0.353 e. The fourth-order valence-corrected chi connectivity index (χ4v) is 4.30. The predicted octanol–water partition coefficient (Wildman–Crippen LogP) is 2.36. The van der Waals surface area contributed by atoms with Gasteiger partial charge in [-0.15, -0.1) is 10.2 Å². The van der Waals surface area contributed by atoms with Crippen molar-refractivity contribution in [1.29, 1.82) is 0 Å². The maximum absolute atomic E-state index is 11.2. The van der Waals surface area contributed by atoms with Gasteiger partial charge in [0.25, 0.3) is 0 Å². The summed E-state index contributed by atoms with van der Waals surface area (Å²) in [6.45, 7) is 2.14. The Morgan fingerprint density at radius 1 is 1.29 bits per heavy atom. The Morgan fingerprint density at radius 2 is 2.11 bits per heavy atom. The van der Waals surface area contributed by atoms with E-state index >= 15 is 0 Å². The molecule has 1 aliphatic heterocycles. The Kier molecular flexibility index (Phi) is 3.85. The first-order chi connectivity index (χ1) is 13.7. The molecule has 0 amide bonds. The number of imidazole rings is 1. The third-order valence-corrected chi connectivity index (χ3v) is 5.58. The normalized spacial score (nSPS) is 18.9. The van der Waals surface area contributed by atoms with Crippen LogP contribution in [0.3, 0.4) is 0 Å². The van der Waals surface area contributed by atoms with Crippen LogP contribution in [0.4, 0.5) is 5.82 Å². The number of H-pyrrole nitrogens is 1. The van der Waals surface area contributed by atoms with Gasteiger partial charge in [-0.3, -0.25) is 4.57 Å². The van der Waals surface area contributed by atoms with Gasteiger partial charge < -0.3 is 15.0 Å². The van der Waals surface area contributed by atoms with Crippen LogP contribution < -0.4 is 4.90 Å². The first-order valence-corrected chi connectivity index (χ1v) is 9.51. The van der Waals surface area contributed by atoms with Gasteiger partial charge in [-0.2, -0.15) is 0 Å². The molecule has 28 heavy (non-hydrogen) atoms. The minimum atomic E-state index is -1.07. The summed E-state index contributed by atoms with van der Waals surface area (Å²) in [6, 6.07) is 0.482. The summed E-state index contributed by atoms with van der Waals surface area (Å²) in [5.74, 6) is 1.38. The van der Waals surface area contributed by atoms with Gasteiger partial charge in [0.05, 0.1) is 18.4 Å². The van der Waals surface area contributed by atoms with E-state index in [1.807, 2.05) is 4.57 Å². The Hall–Kier alpha value is -3.30. The first-order valence-electron chi connectivity index (χ1n) is 9.51. The van der Waals surface area contributed by atoms with Crippen LogP contribution >= 0.6 is 0 Å². The van der Waals surface area contributed by atoms with E-state index in [1.165, 1.54) is 19.0 Å². The number of carboxylic acids is 1. The fourth-order valence-electron chi connectivity index (χ4n) is 4.30. The van der Waals surface area contributed by atoms with Gasteiger partial charge in [-0.1, -0.05) is 19.8 Å². The van der Waals surface area contributed by atoms with Gasteiger partial charge in [0, 0.05) is 6.04 Å². The molecule has 0 saturated heterocycles. The molecule has 10 nitrogen and oxygen atoms in total. The lowest BCUT2D eigenvalue weighted by atomic mass is 10.0. The molecular weight excluding hydrogens is 360 g/mol. The van der Waals surface area contributed by atoms with E-state index in [0.29, 0.717) is 17.7 Å². The lowest BCUT2D eigenvalue weighted by molar-refractivity contribution is 0.0691. The van der Waals surface area contributed by atoms with Crippen molar-refractivity contribution in [2.75, 3.05) is 4.90 Å². The van der Waals surface area contributed by atoms with Crippen molar-refractivity contribution in [3.05, 3.63) is 30.2 Å². The number of carboxylic acid groups (broad SMARTS) is 1. The molecule has 4 heterocycles. The third kappa shape index (κ3) is 2.48. The van der Waals surface area contributed by atoms with Crippen LogP contribution in [0.15, 0.2) is 18.7 Å². The molecule has 2 aliphatic rings. The predicted molar refractivity (Wildman–Crippen MR) is 99.3 cm³/mol. The Labute approximate surface area is 160 Å². The lowest BCUT2D eigenvalue weighted by Gasteiger charge is -2.40. The molecule has 3 aromatic heterocycles. The summed E-state index contributed by atoms with van der Waals surface area (Å²) in [7, 11) is 0. The van der Waals surface area contributed by atoms with E-state index in [2.05, 4.69) is 37.0 Å². The number of hydrogen-bond acceptors (Lipinski definition) is 7. The van der Waals surface area contributed by atoms with Crippen LogP contribution in [0.25, 0.3) is 17.3 Å². The van der Waals surface area contributed by atoms with E-state index in [4.69, 9.17) is 10.1 Å². The standard InChI is InChI=1S/C18H20N8O2/c1-2-12-17-24-21-9-25(17)13-8-20-15(14-19-7-11(22-14)18(27)28)23-16(13)26(12)10-5-3-4-6-10/h7-10,12H,2-6H2,1H3,(H,19,22)(H,27,28)/t12-/m1/s1. The van der Waals surface area contributed by atoms with E-state index in [0.717, 1.165) is 36.6 Å². The topological polar surface area (TPSA) is 126 Å². The van der Waals surface area contributed by atoms with Gasteiger partial charge in [-0.25, -0.2) is 19.7 Å². The Balaban J connectivity index is 1.66. The molecule has 0 bridgehead atoms. The van der Waals surface area contributed by atoms with E-state index in [1.54, 1.807) is 12.5 Å². The van der Waals surface area contributed by atoms with Gasteiger partial charge in [0.2, 0.25) is 0 Å². The number of fused-ring (bicyclic) bond motifs is 3. The third-order valence-electron chi connectivity index (χ3n) is 5.58. The molecule has 10 heteroatoms. The molecule has 1 fully saturated rings. The molecular formula is C18H20N8O2. The number of nitrogens with zero attached hydrogens (tertiary/aromatic N) is 7. The number of aromatic amines is 1. The van der Waals surface area contributed by atoms with Gasteiger partial charge in [-0.05, 0) is 19.3 Å². The second kappa shape index (κ2) is 6.39. The van der Waals surface area contributed by atoms with Crippen molar-refractivity contribution >= 4 is 11.8 Å². The van der Waals surface area contributed by atoms with Gasteiger partial charge in [0.1, 0.15) is 17.7 Å². The lowest BCUT2D eigenvalue weighted by Crippen LogP contribution is -2.42. The monoisotopic (exact) mass is 380 g/mol. The number of anilines is 1. The average molecular weight is 380 g/mol. The zero-order valence-electron chi connectivity index (χ0n) is 15.4. The summed E-state index contributed by atoms with van der Waals surface area (Å²) in [5.41, 5.74) is 0.849. The largest absolute Gasteiger partial charge is 0.477 e. The number of aromatic carboxylic acids is 1. The highest BCUT2D eigenvalue weighted by atomic mass is 16.4. The number of aromatic nitrogens is 7.